The lowest BCUT2D eigenvalue weighted by atomic mass is 10.1. The molecule has 0 N–H and O–H groups in total. The van der Waals surface area contributed by atoms with Gasteiger partial charge < -0.3 is 4.74 Å². The van der Waals surface area contributed by atoms with Crippen molar-refractivity contribution in [3.8, 4) is 5.75 Å². The number of aromatic nitrogens is 1. The van der Waals surface area contributed by atoms with Crippen LogP contribution >= 0.6 is 0 Å². The lowest BCUT2D eigenvalue weighted by molar-refractivity contribution is -0.118. The SMILES string of the molecule is CCCCC(=O)N(c1ccccc1)c1cncc2c1OCC2. The molecule has 0 saturated heterocycles. The van der Waals surface area contributed by atoms with Gasteiger partial charge in [0.2, 0.25) is 5.91 Å². The van der Waals surface area contributed by atoms with Gasteiger partial charge in [0.15, 0.2) is 0 Å². The number of carbonyl (C=O) groups is 1. The number of para-hydroxylation sites is 1. The number of hydrogen-bond acceptors (Lipinski definition) is 3. The van der Waals surface area contributed by atoms with Crippen LogP contribution in [0.3, 0.4) is 0 Å². The van der Waals surface area contributed by atoms with Crippen LogP contribution in [0.4, 0.5) is 11.4 Å². The lowest BCUT2D eigenvalue weighted by Crippen LogP contribution is -2.26. The second-order valence-electron chi connectivity index (χ2n) is 5.41. The molecule has 0 spiro atoms. The number of fused-ring (bicyclic) bond motifs is 1. The van der Waals surface area contributed by atoms with Gasteiger partial charge in [-0.1, -0.05) is 31.5 Å². The molecule has 3 rings (SSSR count). The average molecular weight is 296 g/mol. The van der Waals surface area contributed by atoms with Crippen LogP contribution in [0.25, 0.3) is 0 Å². The predicted molar refractivity (Wildman–Crippen MR) is 86.5 cm³/mol. The third-order valence-electron chi connectivity index (χ3n) is 3.82. The molecule has 4 heteroatoms. The summed E-state index contributed by atoms with van der Waals surface area (Å²) in [4.78, 5) is 18.8. The Morgan fingerprint density at radius 2 is 2.09 bits per heavy atom. The molecule has 1 aliphatic heterocycles. The van der Waals surface area contributed by atoms with E-state index in [1.165, 1.54) is 0 Å². The molecule has 0 unspecified atom stereocenters. The molecule has 1 aliphatic rings. The molecule has 2 heterocycles. The highest BCUT2D eigenvalue weighted by Gasteiger charge is 2.25. The minimum Gasteiger partial charge on any atom is -0.491 e. The monoisotopic (exact) mass is 296 g/mol. The van der Waals surface area contributed by atoms with E-state index in [0.717, 1.165) is 42.0 Å². The second-order valence-corrected chi connectivity index (χ2v) is 5.41. The van der Waals surface area contributed by atoms with Crippen LogP contribution in [0.5, 0.6) is 5.75 Å². The van der Waals surface area contributed by atoms with Crippen molar-refractivity contribution in [3.63, 3.8) is 0 Å². The van der Waals surface area contributed by atoms with Gasteiger partial charge in [-0.25, -0.2) is 0 Å². The van der Waals surface area contributed by atoms with Gasteiger partial charge >= 0.3 is 0 Å². The maximum atomic E-state index is 12.7. The quantitative estimate of drug-likeness (QED) is 0.841. The van der Waals surface area contributed by atoms with Gasteiger partial charge in [0.05, 0.1) is 12.8 Å². The minimum atomic E-state index is 0.0822. The van der Waals surface area contributed by atoms with Gasteiger partial charge in [0, 0.05) is 30.3 Å². The Labute approximate surface area is 130 Å². The Balaban J connectivity index is 2.03. The molecule has 0 bridgehead atoms. The minimum absolute atomic E-state index is 0.0822. The van der Waals surface area contributed by atoms with Crippen molar-refractivity contribution in [2.75, 3.05) is 11.5 Å². The van der Waals surface area contributed by atoms with Crippen molar-refractivity contribution in [1.82, 2.24) is 4.98 Å². The van der Waals surface area contributed by atoms with Gasteiger partial charge in [-0.3, -0.25) is 14.7 Å². The standard InChI is InChI=1S/C18H20N2O2/c1-2-3-9-17(21)20(15-7-5-4-6-8-15)16-13-19-12-14-10-11-22-18(14)16/h4-8,12-13H,2-3,9-11H2,1H3. The van der Waals surface area contributed by atoms with E-state index >= 15 is 0 Å². The maximum Gasteiger partial charge on any atom is 0.231 e. The Bertz CT molecular complexity index is 655. The van der Waals surface area contributed by atoms with Crippen LogP contribution in [0, 0.1) is 0 Å². The molecular formula is C18H20N2O2. The van der Waals surface area contributed by atoms with Crippen LogP contribution in [-0.2, 0) is 11.2 Å². The van der Waals surface area contributed by atoms with E-state index in [9.17, 15) is 4.79 Å². The van der Waals surface area contributed by atoms with E-state index in [1.807, 2.05) is 36.5 Å². The number of anilines is 2. The largest absolute Gasteiger partial charge is 0.491 e. The van der Waals surface area contributed by atoms with Gasteiger partial charge in [-0.2, -0.15) is 0 Å². The second kappa shape index (κ2) is 6.60. The van der Waals surface area contributed by atoms with Crippen LogP contribution in [0.1, 0.15) is 31.7 Å². The molecule has 0 radical (unpaired) electrons. The number of pyridine rings is 1. The molecule has 1 amide bonds. The van der Waals surface area contributed by atoms with E-state index < -0.39 is 0 Å². The zero-order valence-corrected chi connectivity index (χ0v) is 12.8. The van der Waals surface area contributed by atoms with Gasteiger partial charge in [-0.05, 0) is 18.6 Å². The Morgan fingerprint density at radius 1 is 1.27 bits per heavy atom. The molecule has 0 atom stereocenters. The van der Waals surface area contributed by atoms with Gasteiger partial charge in [0.25, 0.3) is 0 Å². The average Bonchev–Trinajstić information content (AvgIpc) is 3.03. The fourth-order valence-corrected chi connectivity index (χ4v) is 2.68. The first-order valence-electron chi connectivity index (χ1n) is 7.79. The predicted octanol–water partition coefficient (Wildman–Crippen LogP) is 3.87. The Morgan fingerprint density at radius 3 is 2.86 bits per heavy atom. The molecule has 22 heavy (non-hydrogen) atoms. The number of nitrogens with zero attached hydrogens (tertiary/aromatic N) is 2. The molecule has 0 fully saturated rings. The van der Waals surface area contributed by atoms with E-state index in [0.29, 0.717) is 13.0 Å². The molecule has 0 saturated carbocycles. The highest BCUT2D eigenvalue weighted by Crippen LogP contribution is 2.39. The summed E-state index contributed by atoms with van der Waals surface area (Å²) < 4.78 is 5.75. The first-order chi connectivity index (χ1) is 10.8. The highest BCUT2D eigenvalue weighted by atomic mass is 16.5. The third-order valence-corrected chi connectivity index (χ3v) is 3.82. The van der Waals surface area contributed by atoms with E-state index in [1.54, 1.807) is 11.1 Å². The topological polar surface area (TPSA) is 42.4 Å². The van der Waals surface area contributed by atoms with E-state index in [-0.39, 0.29) is 5.91 Å². The summed E-state index contributed by atoms with van der Waals surface area (Å²) in [7, 11) is 0. The smallest absolute Gasteiger partial charge is 0.231 e. The number of unbranched alkanes of at least 4 members (excludes halogenated alkanes) is 1. The fraction of sp³-hybridized carbons (Fsp3) is 0.333. The fourth-order valence-electron chi connectivity index (χ4n) is 2.68. The third kappa shape index (κ3) is 2.82. The molecule has 2 aromatic rings. The van der Waals surface area contributed by atoms with Gasteiger partial charge in [0.1, 0.15) is 11.4 Å². The van der Waals surface area contributed by atoms with Crippen molar-refractivity contribution in [1.29, 1.82) is 0 Å². The number of amides is 1. The van der Waals surface area contributed by atoms with Crippen molar-refractivity contribution < 1.29 is 9.53 Å². The number of ether oxygens (including phenoxy) is 1. The molecular weight excluding hydrogens is 276 g/mol. The molecule has 114 valence electrons. The number of rotatable bonds is 5. The van der Waals surface area contributed by atoms with Crippen LogP contribution in [0.2, 0.25) is 0 Å². The van der Waals surface area contributed by atoms with Gasteiger partial charge in [-0.15, -0.1) is 0 Å². The molecule has 1 aromatic heterocycles. The van der Waals surface area contributed by atoms with Crippen molar-refractivity contribution >= 4 is 17.3 Å². The Kier molecular flexibility index (Phi) is 4.37. The summed E-state index contributed by atoms with van der Waals surface area (Å²) in [5.74, 6) is 0.877. The lowest BCUT2D eigenvalue weighted by Gasteiger charge is -2.24. The number of hydrogen-bond donors (Lipinski definition) is 0. The Hall–Kier alpha value is -2.36. The first kappa shape index (κ1) is 14.6. The first-order valence-corrected chi connectivity index (χ1v) is 7.79. The zero-order valence-electron chi connectivity index (χ0n) is 12.8. The number of carbonyl (C=O) groups excluding carboxylic acids is 1. The maximum absolute atomic E-state index is 12.7. The summed E-state index contributed by atoms with van der Waals surface area (Å²) in [6.07, 6.45) is 6.80. The van der Waals surface area contributed by atoms with E-state index in [4.69, 9.17) is 4.74 Å². The summed E-state index contributed by atoms with van der Waals surface area (Å²) in [6.45, 7) is 2.74. The number of benzene rings is 1. The van der Waals surface area contributed by atoms with Crippen molar-refractivity contribution in [2.45, 2.75) is 32.6 Å². The molecule has 0 aliphatic carbocycles. The van der Waals surface area contributed by atoms with E-state index in [2.05, 4.69) is 11.9 Å². The summed E-state index contributed by atoms with van der Waals surface area (Å²) in [5, 5.41) is 0. The van der Waals surface area contributed by atoms with Crippen molar-refractivity contribution in [3.05, 3.63) is 48.3 Å². The summed E-state index contributed by atoms with van der Waals surface area (Å²) >= 11 is 0. The molecule has 4 nitrogen and oxygen atoms in total. The van der Waals surface area contributed by atoms with Crippen LogP contribution < -0.4 is 9.64 Å². The normalized spacial score (nSPS) is 12.6. The van der Waals surface area contributed by atoms with Crippen LogP contribution in [-0.4, -0.2) is 17.5 Å². The van der Waals surface area contributed by atoms with Crippen molar-refractivity contribution in [2.24, 2.45) is 0 Å². The summed E-state index contributed by atoms with van der Waals surface area (Å²) in [5.41, 5.74) is 2.68. The summed E-state index contributed by atoms with van der Waals surface area (Å²) in [6, 6.07) is 9.71. The van der Waals surface area contributed by atoms with Crippen LogP contribution in [0.15, 0.2) is 42.7 Å². The molecule has 1 aromatic carbocycles. The zero-order chi connectivity index (χ0) is 15.4. The highest BCUT2D eigenvalue weighted by molar-refractivity contribution is 6.01.